The van der Waals surface area contributed by atoms with Crippen LogP contribution >= 0.6 is 0 Å². The van der Waals surface area contributed by atoms with E-state index in [1.165, 1.54) is 0 Å². The quantitative estimate of drug-likeness (QED) is 0.654. The fraction of sp³-hybridized carbons (Fsp3) is 0.864. The van der Waals surface area contributed by atoms with Crippen molar-refractivity contribution in [1.29, 1.82) is 5.26 Å². The number of nitrogens with one attached hydrogen (secondary N) is 1. The lowest BCUT2D eigenvalue weighted by Gasteiger charge is -2.41. The van der Waals surface area contributed by atoms with Gasteiger partial charge in [-0.2, -0.15) is 5.26 Å². The van der Waals surface area contributed by atoms with Gasteiger partial charge in [0.2, 0.25) is 5.91 Å². The molecule has 3 amide bonds. The molecule has 0 saturated carbocycles. The van der Waals surface area contributed by atoms with E-state index < -0.39 is 23.5 Å². The molecule has 2 rings (SSSR count). The van der Waals surface area contributed by atoms with Crippen molar-refractivity contribution in [2.45, 2.75) is 77.9 Å². The lowest BCUT2D eigenvalue weighted by molar-refractivity contribution is -0.132. The number of carbonyl (C=O) groups is 2. The number of urea groups is 1. The van der Waals surface area contributed by atoms with Crippen LogP contribution in [0.4, 0.5) is 4.79 Å². The predicted octanol–water partition coefficient (Wildman–Crippen LogP) is 2.09. The molecule has 8 nitrogen and oxygen atoms in total. The summed E-state index contributed by atoms with van der Waals surface area (Å²) in [5, 5.41) is 13.1. The van der Waals surface area contributed by atoms with Crippen molar-refractivity contribution in [3.8, 4) is 6.07 Å². The van der Waals surface area contributed by atoms with Gasteiger partial charge in [0.1, 0.15) is 5.54 Å². The van der Waals surface area contributed by atoms with Gasteiger partial charge in [-0.3, -0.25) is 9.69 Å². The Morgan fingerprint density at radius 2 is 1.97 bits per heavy atom. The molecule has 2 aliphatic heterocycles. The van der Waals surface area contributed by atoms with Crippen molar-refractivity contribution in [2.75, 3.05) is 32.8 Å². The monoisotopic (exact) mass is 421 g/mol. The highest BCUT2D eigenvalue weighted by Crippen LogP contribution is 2.32. The smallest absolute Gasteiger partial charge is 0.315 e. The van der Waals surface area contributed by atoms with Gasteiger partial charge in [-0.25, -0.2) is 4.79 Å². The van der Waals surface area contributed by atoms with Crippen LogP contribution in [0.1, 0.15) is 60.3 Å². The number of nitrogens with zero attached hydrogens (tertiary/aromatic N) is 3. The van der Waals surface area contributed by atoms with Gasteiger partial charge in [0.05, 0.1) is 31.2 Å². The molecule has 2 heterocycles. The molecule has 2 aliphatic rings. The maximum atomic E-state index is 13.5. The first-order valence-corrected chi connectivity index (χ1v) is 11.2. The second-order valence-electron chi connectivity index (χ2n) is 9.92. The third kappa shape index (κ3) is 5.86. The van der Waals surface area contributed by atoms with Gasteiger partial charge in [-0.05, 0) is 31.1 Å². The molecule has 30 heavy (non-hydrogen) atoms. The fourth-order valence-corrected chi connectivity index (χ4v) is 4.80. The van der Waals surface area contributed by atoms with E-state index in [1.807, 2.05) is 0 Å². The molecule has 3 unspecified atom stereocenters. The summed E-state index contributed by atoms with van der Waals surface area (Å²) in [5.41, 5.74) is 4.56. The maximum Gasteiger partial charge on any atom is 0.315 e. The van der Waals surface area contributed by atoms with Gasteiger partial charge < -0.3 is 20.7 Å². The summed E-state index contributed by atoms with van der Waals surface area (Å²) in [5.74, 6) is -0.690. The Bertz CT molecular complexity index is 652. The van der Waals surface area contributed by atoms with Gasteiger partial charge >= 0.3 is 6.03 Å². The Morgan fingerprint density at radius 3 is 2.50 bits per heavy atom. The Kier molecular flexibility index (Phi) is 8.12. The molecule has 0 radical (unpaired) electrons. The Labute approximate surface area is 181 Å². The van der Waals surface area contributed by atoms with Gasteiger partial charge in [0, 0.05) is 25.7 Å². The molecule has 8 heteroatoms. The zero-order chi connectivity index (χ0) is 22.5. The van der Waals surface area contributed by atoms with E-state index in [9.17, 15) is 14.9 Å². The highest BCUT2D eigenvalue weighted by molar-refractivity contribution is 5.82. The summed E-state index contributed by atoms with van der Waals surface area (Å²) in [6.45, 7) is 12.9. The van der Waals surface area contributed by atoms with Crippen molar-refractivity contribution in [1.82, 2.24) is 15.1 Å². The molecule has 0 spiro atoms. The number of carbonyl (C=O) groups excluding carboxylic acids is 2. The molecule has 3 atom stereocenters. The molecular weight excluding hydrogens is 382 g/mol. The number of hydrogen-bond donors (Lipinski definition) is 2. The van der Waals surface area contributed by atoms with Gasteiger partial charge in [-0.15, -0.1) is 0 Å². The van der Waals surface area contributed by atoms with E-state index in [1.54, 1.807) is 4.90 Å². The van der Waals surface area contributed by atoms with Crippen molar-refractivity contribution < 1.29 is 14.3 Å². The number of morpholine rings is 1. The van der Waals surface area contributed by atoms with E-state index >= 15 is 0 Å². The van der Waals surface area contributed by atoms with Crippen molar-refractivity contribution in [3.63, 3.8) is 0 Å². The number of nitriles is 1. The molecular formula is C22H39N5O3. The minimum atomic E-state index is -0.900. The highest BCUT2D eigenvalue weighted by atomic mass is 16.5. The van der Waals surface area contributed by atoms with Crippen LogP contribution in [0.15, 0.2) is 0 Å². The zero-order valence-electron chi connectivity index (χ0n) is 19.2. The lowest BCUT2D eigenvalue weighted by atomic mass is 9.79. The van der Waals surface area contributed by atoms with Gasteiger partial charge in [0.15, 0.2) is 0 Å². The van der Waals surface area contributed by atoms with Crippen LogP contribution in [0, 0.1) is 22.7 Å². The topological polar surface area (TPSA) is 112 Å². The molecule has 0 aliphatic carbocycles. The zero-order valence-corrected chi connectivity index (χ0v) is 19.2. The third-order valence-electron chi connectivity index (χ3n) is 6.42. The third-order valence-corrected chi connectivity index (χ3v) is 6.42. The maximum absolute atomic E-state index is 13.5. The van der Waals surface area contributed by atoms with Crippen molar-refractivity contribution in [3.05, 3.63) is 0 Å². The molecule has 0 bridgehead atoms. The highest BCUT2D eigenvalue weighted by Gasteiger charge is 2.45. The van der Waals surface area contributed by atoms with Crippen LogP contribution in [-0.2, 0) is 9.53 Å². The number of likely N-dealkylation sites (tertiary alicyclic amines) is 1. The summed E-state index contributed by atoms with van der Waals surface area (Å²) in [6, 6.07) is 1.84. The van der Waals surface area contributed by atoms with Crippen LogP contribution in [0.2, 0.25) is 0 Å². The number of primary amides is 1. The van der Waals surface area contributed by atoms with Gasteiger partial charge in [-0.1, -0.05) is 34.6 Å². The standard InChI is InChI=1S/C22H39N5O3/c1-6-16(7-2)26-9-8-22(14-23,15-26)25-19(28)17(12-21(3,4)5)18-13-30-11-10-27(18)20(24)29/h16-18H,6-13,15H2,1-5H3,(H2,24,29)(H,25,28). The average molecular weight is 422 g/mol. The normalized spacial score (nSPS) is 26.4. The fourth-order valence-electron chi connectivity index (χ4n) is 4.80. The van der Waals surface area contributed by atoms with Crippen LogP contribution in [-0.4, -0.2) is 72.2 Å². The molecule has 2 saturated heterocycles. The molecule has 170 valence electrons. The van der Waals surface area contributed by atoms with Crippen molar-refractivity contribution in [2.24, 2.45) is 17.1 Å². The lowest BCUT2D eigenvalue weighted by Crippen LogP contribution is -2.60. The molecule has 0 aromatic rings. The molecule has 0 aromatic heterocycles. The Morgan fingerprint density at radius 1 is 1.30 bits per heavy atom. The van der Waals surface area contributed by atoms with E-state index in [4.69, 9.17) is 10.5 Å². The largest absolute Gasteiger partial charge is 0.377 e. The van der Waals surface area contributed by atoms with Crippen molar-refractivity contribution >= 4 is 11.9 Å². The molecule has 0 aromatic carbocycles. The number of nitrogens with two attached hydrogens (primary N) is 1. The number of hydrogen-bond acceptors (Lipinski definition) is 5. The van der Waals surface area contributed by atoms with Crippen LogP contribution < -0.4 is 11.1 Å². The summed E-state index contributed by atoms with van der Waals surface area (Å²) >= 11 is 0. The SMILES string of the molecule is CCC(CC)N1CCC(C#N)(NC(=O)C(CC(C)(C)C)C2COCCN2C(N)=O)C1. The average Bonchev–Trinajstić information content (AvgIpc) is 3.10. The second kappa shape index (κ2) is 9.97. The number of amides is 3. The second-order valence-corrected chi connectivity index (χ2v) is 9.92. The summed E-state index contributed by atoms with van der Waals surface area (Å²) in [6.07, 6.45) is 3.21. The Hall–Kier alpha value is -1.85. The van der Waals surface area contributed by atoms with E-state index in [0.29, 0.717) is 38.6 Å². The Balaban J connectivity index is 2.23. The summed E-state index contributed by atoms with van der Waals surface area (Å²) < 4.78 is 5.60. The van der Waals surface area contributed by atoms with Crippen LogP contribution in [0.3, 0.4) is 0 Å². The van der Waals surface area contributed by atoms with Gasteiger partial charge in [0.25, 0.3) is 0 Å². The first-order valence-electron chi connectivity index (χ1n) is 11.2. The van der Waals surface area contributed by atoms with Crippen LogP contribution in [0.5, 0.6) is 0 Å². The number of ether oxygens (including phenoxy) is 1. The minimum absolute atomic E-state index is 0.139. The summed E-state index contributed by atoms with van der Waals surface area (Å²) in [7, 11) is 0. The number of rotatable bonds is 7. The minimum Gasteiger partial charge on any atom is -0.377 e. The van der Waals surface area contributed by atoms with E-state index in [2.05, 4.69) is 50.9 Å². The van der Waals surface area contributed by atoms with E-state index in [0.717, 1.165) is 19.4 Å². The first-order chi connectivity index (χ1) is 14.1. The summed E-state index contributed by atoms with van der Waals surface area (Å²) in [4.78, 5) is 29.4. The van der Waals surface area contributed by atoms with Crippen LogP contribution in [0.25, 0.3) is 0 Å². The molecule has 3 N–H and O–H groups in total. The molecule has 2 fully saturated rings. The predicted molar refractivity (Wildman–Crippen MR) is 116 cm³/mol. The first kappa shape index (κ1) is 24.4. The van der Waals surface area contributed by atoms with E-state index in [-0.39, 0.29) is 17.9 Å².